The molecule has 1 amide bonds. The van der Waals surface area contributed by atoms with E-state index in [1.165, 1.54) is 44.8 Å². The summed E-state index contributed by atoms with van der Waals surface area (Å²) in [6, 6.07) is 15.4. The number of aromatic nitrogens is 1. The number of hydrogen-bond donors (Lipinski definition) is 1. The Morgan fingerprint density at radius 2 is 1.87 bits per heavy atom. The van der Waals surface area contributed by atoms with Gasteiger partial charge in [-0.05, 0) is 55.0 Å². The molecular formula is C23H25N3O3S2. The van der Waals surface area contributed by atoms with Gasteiger partial charge in [0.1, 0.15) is 0 Å². The monoisotopic (exact) mass is 455 g/mol. The van der Waals surface area contributed by atoms with Gasteiger partial charge in [0.25, 0.3) is 5.91 Å². The zero-order valence-electron chi connectivity index (χ0n) is 17.5. The number of anilines is 1. The number of amides is 1. The molecule has 1 atom stereocenters. The molecule has 0 fully saturated rings. The number of nitrogens with one attached hydrogen (secondary N) is 1. The van der Waals surface area contributed by atoms with Gasteiger partial charge >= 0.3 is 0 Å². The highest BCUT2D eigenvalue weighted by atomic mass is 32.2. The predicted molar refractivity (Wildman–Crippen MR) is 123 cm³/mol. The van der Waals surface area contributed by atoms with E-state index in [1.807, 2.05) is 30.3 Å². The van der Waals surface area contributed by atoms with Gasteiger partial charge in [0.05, 0.1) is 10.6 Å². The predicted octanol–water partition coefficient (Wildman–Crippen LogP) is 4.34. The van der Waals surface area contributed by atoms with Crippen molar-refractivity contribution in [3.63, 3.8) is 0 Å². The van der Waals surface area contributed by atoms with Crippen LogP contribution in [0.25, 0.3) is 0 Å². The highest BCUT2D eigenvalue weighted by Crippen LogP contribution is 2.32. The molecule has 2 aromatic carbocycles. The van der Waals surface area contributed by atoms with E-state index in [2.05, 4.69) is 17.2 Å². The summed E-state index contributed by atoms with van der Waals surface area (Å²) in [6.45, 7) is 2.51. The molecule has 0 saturated heterocycles. The number of nitrogens with zero attached hydrogens (tertiary/aromatic N) is 2. The van der Waals surface area contributed by atoms with Crippen LogP contribution in [0, 0.1) is 5.92 Å². The second-order valence-corrected chi connectivity index (χ2v) is 11.1. The second kappa shape index (κ2) is 8.90. The van der Waals surface area contributed by atoms with Crippen LogP contribution >= 0.6 is 11.3 Å². The van der Waals surface area contributed by atoms with Crippen molar-refractivity contribution in [2.45, 2.75) is 37.6 Å². The highest BCUT2D eigenvalue weighted by molar-refractivity contribution is 7.89. The van der Waals surface area contributed by atoms with Crippen LogP contribution in [0.1, 0.15) is 39.8 Å². The van der Waals surface area contributed by atoms with Crippen LogP contribution in [-0.2, 0) is 29.4 Å². The van der Waals surface area contributed by atoms with Crippen molar-refractivity contribution in [1.82, 2.24) is 9.29 Å². The molecule has 1 unspecified atom stereocenters. The third-order valence-corrected chi connectivity index (χ3v) is 8.33. The van der Waals surface area contributed by atoms with Crippen molar-refractivity contribution in [2.24, 2.45) is 5.92 Å². The molecule has 0 aliphatic heterocycles. The van der Waals surface area contributed by atoms with Crippen molar-refractivity contribution in [3.05, 3.63) is 76.3 Å². The van der Waals surface area contributed by atoms with Gasteiger partial charge in [-0.1, -0.05) is 37.3 Å². The van der Waals surface area contributed by atoms with Crippen molar-refractivity contribution < 1.29 is 13.2 Å². The number of rotatable bonds is 6. The molecule has 6 nitrogen and oxygen atoms in total. The van der Waals surface area contributed by atoms with Gasteiger partial charge in [-0.25, -0.2) is 13.4 Å². The molecule has 0 spiro atoms. The van der Waals surface area contributed by atoms with E-state index >= 15 is 0 Å². The fourth-order valence-electron chi connectivity index (χ4n) is 3.65. The molecule has 4 rings (SSSR count). The number of benzene rings is 2. The lowest BCUT2D eigenvalue weighted by molar-refractivity contribution is 0.102. The molecule has 162 valence electrons. The standard InChI is InChI=1S/C23H25N3O3S2/c1-16-8-13-20-21(14-16)30-23(24-20)25-22(27)18-9-11-19(12-10-18)31(28,29)26(2)15-17-6-4-3-5-7-17/h3-7,9-12,16H,8,13-15H2,1-2H3,(H,24,25,27). The normalized spacial score (nSPS) is 16.2. The Kier molecular flexibility index (Phi) is 6.22. The zero-order chi connectivity index (χ0) is 22.0. The van der Waals surface area contributed by atoms with Crippen LogP contribution in [0.15, 0.2) is 59.5 Å². The molecule has 3 aromatic rings. The van der Waals surface area contributed by atoms with E-state index in [4.69, 9.17) is 0 Å². The molecule has 1 aliphatic rings. The maximum atomic E-state index is 12.9. The molecule has 1 aromatic heterocycles. The first kappa shape index (κ1) is 21.7. The Bertz CT molecular complexity index is 1170. The van der Waals surface area contributed by atoms with Crippen LogP contribution in [0.4, 0.5) is 5.13 Å². The zero-order valence-corrected chi connectivity index (χ0v) is 19.2. The van der Waals surface area contributed by atoms with Crippen LogP contribution in [0.3, 0.4) is 0 Å². The van der Waals surface area contributed by atoms with Crippen molar-refractivity contribution in [2.75, 3.05) is 12.4 Å². The third kappa shape index (κ3) is 4.87. The number of aryl methyl sites for hydroxylation is 1. The fraction of sp³-hybridized carbons (Fsp3) is 0.304. The lowest BCUT2D eigenvalue weighted by Gasteiger charge is -2.17. The maximum absolute atomic E-state index is 12.9. The summed E-state index contributed by atoms with van der Waals surface area (Å²) in [6.07, 6.45) is 3.08. The Morgan fingerprint density at radius 3 is 2.58 bits per heavy atom. The number of carbonyl (C=O) groups is 1. The SMILES string of the molecule is CC1CCc2nc(NC(=O)c3ccc(S(=O)(=O)N(C)Cc4ccccc4)cc3)sc2C1. The smallest absolute Gasteiger partial charge is 0.257 e. The molecule has 1 aliphatic carbocycles. The summed E-state index contributed by atoms with van der Waals surface area (Å²) in [5.41, 5.74) is 2.39. The second-order valence-electron chi connectivity index (χ2n) is 7.96. The van der Waals surface area contributed by atoms with Crippen molar-refractivity contribution in [1.29, 1.82) is 0 Å². The summed E-state index contributed by atoms with van der Waals surface area (Å²) < 4.78 is 27.0. The van der Waals surface area contributed by atoms with Crippen molar-refractivity contribution >= 4 is 32.4 Å². The number of thiazole rings is 1. The van der Waals surface area contributed by atoms with Gasteiger partial charge in [-0.15, -0.1) is 11.3 Å². The summed E-state index contributed by atoms with van der Waals surface area (Å²) in [4.78, 5) is 18.6. The van der Waals surface area contributed by atoms with Gasteiger partial charge in [0, 0.05) is 24.0 Å². The molecule has 0 saturated carbocycles. The quantitative estimate of drug-likeness (QED) is 0.600. The molecule has 8 heteroatoms. The van der Waals surface area contributed by atoms with Crippen molar-refractivity contribution in [3.8, 4) is 0 Å². The summed E-state index contributed by atoms with van der Waals surface area (Å²) in [7, 11) is -2.10. The first-order valence-corrected chi connectivity index (χ1v) is 12.5. The first-order valence-electron chi connectivity index (χ1n) is 10.2. The number of fused-ring (bicyclic) bond motifs is 1. The summed E-state index contributed by atoms with van der Waals surface area (Å²) in [5, 5.41) is 3.45. The van der Waals surface area contributed by atoms with E-state index in [9.17, 15) is 13.2 Å². The minimum absolute atomic E-state index is 0.154. The molecule has 0 radical (unpaired) electrons. The molecule has 1 heterocycles. The Labute approximate surface area is 187 Å². The van der Waals surface area contributed by atoms with Gasteiger partial charge in [0.15, 0.2) is 5.13 Å². The van der Waals surface area contributed by atoms with E-state index in [0.29, 0.717) is 16.6 Å². The Hall–Kier alpha value is -2.55. The largest absolute Gasteiger partial charge is 0.298 e. The lowest BCUT2D eigenvalue weighted by Crippen LogP contribution is -2.26. The molecule has 0 bridgehead atoms. The lowest BCUT2D eigenvalue weighted by atomic mass is 9.93. The van der Waals surface area contributed by atoms with Gasteiger partial charge in [-0.3, -0.25) is 10.1 Å². The van der Waals surface area contributed by atoms with Gasteiger partial charge in [0.2, 0.25) is 10.0 Å². The average Bonchev–Trinajstić information content (AvgIpc) is 3.15. The highest BCUT2D eigenvalue weighted by Gasteiger charge is 2.23. The van der Waals surface area contributed by atoms with E-state index < -0.39 is 10.0 Å². The number of carbonyl (C=O) groups excluding carboxylic acids is 1. The number of hydrogen-bond acceptors (Lipinski definition) is 5. The fourth-order valence-corrected chi connectivity index (χ4v) is 5.97. The summed E-state index contributed by atoms with van der Waals surface area (Å²) in [5.74, 6) is 0.353. The third-order valence-electron chi connectivity index (χ3n) is 5.48. The van der Waals surface area contributed by atoms with Crippen LogP contribution < -0.4 is 5.32 Å². The van der Waals surface area contributed by atoms with E-state index in [-0.39, 0.29) is 17.3 Å². The topological polar surface area (TPSA) is 79.4 Å². The van der Waals surface area contributed by atoms with Gasteiger partial charge < -0.3 is 0 Å². The molecular weight excluding hydrogens is 430 g/mol. The minimum Gasteiger partial charge on any atom is -0.298 e. The Balaban J connectivity index is 1.44. The molecule has 31 heavy (non-hydrogen) atoms. The van der Waals surface area contributed by atoms with Crippen LogP contribution in [0.2, 0.25) is 0 Å². The van der Waals surface area contributed by atoms with Crippen LogP contribution in [-0.4, -0.2) is 30.7 Å². The maximum Gasteiger partial charge on any atom is 0.257 e. The van der Waals surface area contributed by atoms with E-state index in [1.54, 1.807) is 7.05 Å². The molecule has 1 N–H and O–H groups in total. The minimum atomic E-state index is -3.65. The van der Waals surface area contributed by atoms with Crippen LogP contribution in [0.5, 0.6) is 0 Å². The summed E-state index contributed by atoms with van der Waals surface area (Å²) >= 11 is 1.53. The van der Waals surface area contributed by atoms with Gasteiger partial charge in [-0.2, -0.15) is 4.31 Å². The first-order chi connectivity index (χ1) is 14.8. The average molecular weight is 456 g/mol. The van der Waals surface area contributed by atoms with E-state index in [0.717, 1.165) is 30.5 Å². The Morgan fingerprint density at radius 1 is 1.16 bits per heavy atom. The number of sulfonamides is 1.